The molecule has 92 valence electrons. The van der Waals surface area contributed by atoms with Crippen LogP contribution in [0.1, 0.15) is 15.3 Å². The zero-order valence-electron chi connectivity index (χ0n) is 8.94. The van der Waals surface area contributed by atoms with Crippen LogP contribution in [0.4, 0.5) is 0 Å². The first kappa shape index (κ1) is 12.2. The molecule has 3 nitrogen and oxygen atoms in total. The summed E-state index contributed by atoms with van der Waals surface area (Å²) in [6, 6.07) is 9.78. The molecule has 0 spiro atoms. The average Bonchev–Trinajstić information content (AvgIpc) is 2.92. The van der Waals surface area contributed by atoms with E-state index in [1.165, 1.54) is 4.88 Å². The number of oxazole rings is 1. The van der Waals surface area contributed by atoms with E-state index in [1.54, 1.807) is 11.3 Å². The number of aromatic nitrogens is 1. The highest BCUT2D eigenvalue weighted by Gasteiger charge is 2.14. The minimum atomic E-state index is -0.424. The summed E-state index contributed by atoms with van der Waals surface area (Å²) >= 11 is 8.78. The van der Waals surface area contributed by atoms with Gasteiger partial charge >= 0.3 is 5.76 Å². The third-order valence-electron chi connectivity index (χ3n) is 2.58. The van der Waals surface area contributed by atoms with Gasteiger partial charge in [0.2, 0.25) is 0 Å². The molecule has 1 atom stereocenters. The van der Waals surface area contributed by atoms with Crippen molar-refractivity contribution in [2.24, 2.45) is 0 Å². The highest BCUT2D eigenvalue weighted by molar-refractivity contribution is 9.11. The Morgan fingerprint density at radius 1 is 1.28 bits per heavy atom. The monoisotopic (exact) mass is 387 g/mol. The fraction of sp³-hybridized carbons (Fsp3) is 0.0833. The van der Waals surface area contributed by atoms with Crippen LogP contribution in [0, 0.1) is 0 Å². The highest BCUT2D eigenvalue weighted by Crippen LogP contribution is 2.37. The lowest BCUT2D eigenvalue weighted by molar-refractivity contribution is 0.555. The van der Waals surface area contributed by atoms with Gasteiger partial charge in [-0.25, -0.2) is 4.79 Å². The Morgan fingerprint density at radius 3 is 2.83 bits per heavy atom. The first-order valence-electron chi connectivity index (χ1n) is 5.15. The predicted octanol–water partition coefficient (Wildman–Crippen LogP) is 4.43. The van der Waals surface area contributed by atoms with Crippen LogP contribution in [0.15, 0.2) is 43.3 Å². The Hall–Kier alpha value is -0.850. The number of thiophene rings is 1. The van der Waals surface area contributed by atoms with Crippen molar-refractivity contribution in [2.45, 2.75) is 4.83 Å². The van der Waals surface area contributed by atoms with Crippen molar-refractivity contribution >= 4 is 54.3 Å². The Kier molecular flexibility index (Phi) is 3.17. The van der Waals surface area contributed by atoms with Gasteiger partial charge in [0.05, 0.1) is 14.1 Å². The molecule has 0 saturated heterocycles. The molecule has 1 N–H and O–H groups in total. The second kappa shape index (κ2) is 4.68. The van der Waals surface area contributed by atoms with Gasteiger partial charge in [-0.2, -0.15) is 0 Å². The first-order chi connectivity index (χ1) is 8.63. The molecule has 0 fully saturated rings. The molecular formula is C12H7Br2NO2S. The largest absolute Gasteiger partial charge is 0.417 e. The number of hydrogen-bond donors (Lipinski definition) is 1. The van der Waals surface area contributed by atoms with Crippen LogP contribution < -0.4 is 5.76 Å². The van der Waals surface area contributed by atoms with E-state index in [0.717, 1.165) is 14.9 Å². The van der Waals surface area contributed by atoms with Crippen molar-refractivity contribution in [3.05, 3.63) is 55.1 Å². The summed E-state index contributed by atoms with van der Waals surface area (Å²) < 4.78 is 6.16. The van der Waals surface area contributed by atoms with Gasteiger partial charge in [0, 0.05) is 4.88 Å². The molecule has 18 heavy (non-hydrogen) atoms. The number of benzene rings is 1. The van der Waals surface area contributed by atoms with E-state index in [-0.39, 0.29) is 4.83 Å². The third-order valence-corrected chi connectivity index (χ3v) is 5.59. The molecule has 0 saturated carbocycles. The third kappa shape index (κ3) is 2.20. The van der Waals surface area contributed by atoms with Crippen molar-refractivity contribution in [2.75, 3.05) is 0 Å². The van der Waals surface area contributed by atoms with Crippen LogP contribution in [-0.2, 0) is 0 Å². The van der Waals surface area contributed by atoms with Crippen LogP contribution in [0.3, 0.4) is 0 Å². The van der Waals surface area contributed by atoms with Crippen molar-refractivity contribution in [3.63, 3.8) is 0 Å². The van der Waals surface area contributed by atoms with Gasteiger partial charge in [-0.3, -0.25) is 4.98 Å². The van der Waals surface area contributed by atoms with Crippen LogP contribution in [0.25, 0.3) is 11.1 Å². The topological polar surface area (TPSA) is 46.0 Å². The molecule has 3 aromatic rings. The number of rotatable bonds is 2. The quantitative estimate of drug-likeness (QED) is 0.660. The fourth-order valence-corrected chi connectivity index (χ4v) is 3.90. The molecule has 0 aliphatic heterocycles. The molecule has 2 aromatic heterocycles. The Balaban J connectivity index is 2.05. The van der Waals surface area contributed by atoms with Crippen molar-refractivity contribution in [1.29, 1.82) is 0 Å². The van der Waals surface area contributed by atoms with E-state index in [1.807, 2.05) is 24.3 Å². The van der Waals surface area contributed by atoms with Crippen molar-refractivity contribution in [3.8, 4) is 0 Å². The van der Waals surface area contributed by atoms with Crippen LogP contribution in [0.5, 0.6) is 0 Å². The molecule has 0 aliphatic carbocycles. The molecule has 3 rings (SSSR count). The van der Waals surface area contributed by atoms with Gasteiger partial charge in [-0.15, -0.1) is 11.3 Å². The predicted molar refractivity (Wildman–Crippen MR) is 79.6 cm³/mol. The normalized spacial score (nSPS) is 13.0. The lowest BCUT2D eigenvalue weighted by Gasteiger charge is -2.07. The summed E-state index contributed by atoms with van der Waals surface area (Å²) in [5.74, 6) is -0.424. The van der Waals surface area contributed by atoms with E-state index >= 15 is 0 Å². The Bertz CT molecular complexity index is 759. The maximum absolute atomic E-state index is 11.1. The number of fused-ring (bicyclic) bond motifs is 1. The number of aromatic amines is 1. The number of nitrogens with one attached hydrogen (secondary N) is 1. The molecule has 0 bridgehead atoms. The molecule has 1 aromatic carbocycles. The van der Waals surface area contributed by atoms with Gasteiger partial charge in [-0.05, 0) is 45.8 Å². The zero-order valence-corrected chi connectivity index (χ0v) is 12.9. The summed E-state index contributed by atoms with van der Waals surface area (Å²) in [6.45, 7) is 0. The fourth-order valence-electron chi connectivity index (χ4n) is 1.75. The molecule has 1 unspecified atom stereocenters. The van der Waals surface area contributed by atoms with Crippen molar-refractivity contribution in [1.82, 2.24) is 4.98 Å². The van der Waals surface area contributed by atoms with E-state index in [9.17, 15) is 4.79 Å². The molecule has 0 aliphatic rings. The number of H-pyrrole nitrogens is 1. The lowest BCUT2D eigenvalue weighted by atomic mass is 10.1. The Labute approximate surface area is 123 Å². The maximum atomic E-state index is 11.1. The second-order valence-electron chi connectivity index (χ2n) is 3.77. The minimum absolute atomic E-state index is 0.0957. The number of hydrogen-bond acceptors (Lipinski definition) is 3. The molecule has 0 radical (unpaired) electrons. The van der Waals surface area contributed by atoms with Gasteiger partial charge in [0.25, 0.3) is 0 Å². The summed E-state index contributed by atoms with van der Waals surface area (Å²) in [4.78, 5) is 15.0. The van der Waals surface area contributed by atoms with Crippen LogP contribution >= 0.6 is 43.2 Å². The van der Waals surface area contributed by atoms with E-state index < -0.39 is 5.76 Å². The number of halogens is 2. The van der Waals surface area contributed by atoms with E-state index in [2.05, 4.69) is 42.9 Å². The van der Waals surface area contributed by atoms with E-state index in [0.29, 0.717) is 5.58 Å². The van der Waals surface area contributed by atoms with Crippen LogP contribution in [0.2, 0.25) is 0 Å². The lowest BCUT2D eigenvalue weighted by Crippen LogP contribution is -1.92. The molecular weight excluding hydrogens is 382 g/mol. The smallest absolute Gasteiger partial charge is 0.408 e. The highest BCUT2D eigenvalue weighted by atomic mass is 79.9. The van der Waals surface area contributed by atoms with Gasteiger partial charge in [0.1, 0.15) is 0 Å². The second-order valence-corrected chi connectivity index (χ2v) is 7.18. The number of alkyl halides is 1. The maximum Gasteiger partial charge on any atom is 0.417 e. The van der Waals surface area contributed by atoms with Crippen molar-refractivity contribution < 1.29 is 4.42 Å². The van der Waals surface area contributed by atoms with Crippen LogP contribution in [-0.4, -0.2) is 4.98 Å². The van der Waals surface area contributed by atoms with Gasteiger partial charge < -0.3 is 4.42 Å². The van der Waals surface area contributed by atoms with E-state index in [4.69, 9.17) is 4.42 Å². The summed E-state index contributed by atoms with van der Waals surface area (Å²) in [5.41, 5.74) is 2.35. The summed E-state index contributed by atoms with van der Waals surface area (Å²) in [5, 5.41) is 0. The molecule has 2 heterocycles. The van der Waals surface area contributed by atoms with Gasteiger partial charge in [0.15, 0.2) is 5.58 Å². The minimum Gasteiger partial charge on any atom is -0.408 e. The Morgan fingerprint density at radius 2 is 2.11 bits per heavy atom. The van der Waals surface area contributed by atoms with Gasteiger partial charge in [-0.1, -0.05) is 22.0 Å². The average molecular weight is 389 g/mol. The summed E-state index contributed by atoms with van der Waals surface area (Å²) in [7, 11) is 0. The summed E-state index contributed by atoms with van der Waals surface area (Å²) in [6.07, 6.45) is 0. The molecule has 0 amide bonds. The molecule has 6 heteroatoms. The first-order valence-corrected chi connectivity index (χ1v) is 7.68. The zero-order chi connectivity index (χ0) is 12.7. The standard InChI is InChI=1S/C12H7Br2NO2S/c13-10-4-3-9(18-10)11(14)6-1-2-7-8(5-6)17-12(16)15-7/h1-5,11H,(H,15,16). The SMILES string of the molecule is O=c1[nH]c2ccc(C(Br)c3ccc(Br)s3)cc2o1.